The molecule has 0 bridgehead atoms. The summed E-state index contributed by atoms with van der Waals surface area (Å²) < 4.78 is 43.5. The van der Waals surface area contributed by atoms with Crippen molar-refractivity contribution in [1.29, 1.82) is 0 Å². The minimum absolute atomic E-state index is 0.0948. The number of aryl methyl sites for hydroxylation is 1. The Morgan fingerprint density at radius 1 is 1.29 bits per heavy atom. The second-order valence-electron chi connectivity index (χ2n) is 8.48. The fraction of sp³-hybridized carbons (Fsp3) is 0.409. The summed E-state index contributed by atoms with van der Waals surface area (Å²) in [5.41, 5.74) is 2.05. The van der Waals surface area contributed by atoms with Crippen LogP contribution in [-0.4, -0.2) is 70.3 Å². The number of hydrogen-bond donors (Lipinski definition) is 1. The number of nitrogens with one attached hydrogen (secondary N) is 1. The molecule has 3 aromatic rings. The normalized spacial score (nSPS) is 16.4. The van der Waals surface area contributed by atoms with Crippen molar-refractivity contribution < 1.29 is 22.3 Å². The average Bonchev–Trinajstić information content (AvgIpc) is 3.48. The zero-order valence-electron chi connectivity index (χ0n) is 19.6. The number of rotatable bonds is 8. The first-order valence-electron chi connectivity index (χ1n) is 10.9. The van der Waals surface area contributed by atoms with Gasteiger partial charge in [0.2, 0.25) is 15.8 Å². The first kappa shape index (κ1) is 24.7. The van der Waals surface area contributed by atoms with Gasteiger partial charge in [-0.2, -0.15) is 4.80 Å². The number of halogens is 1. The molecular formula is C22H26FN7O4S. The Labute approximate surface area is 202 Å². The first-order chi connectivity index (χ1) is 16.6. The van der Waals surface area contributed by atoms with Gasteiger partial charge in [0.05, 0.1) is 19.9 Å². The molecule has 0 aliphatic carbocycles. The molecule has 1 amide bonds. The number of tetrazole rings is 1. The van der Waals surface area contributed by atoms with Crippen LogP contribution in [0.4, 0.5) is 4.39 Å². The minimum Gasteiger partial charge on any atom is -0.494 e. The molecule has 1 unspecified atom stereocenters. The minimum atomic E-state index is -3.21. The topological polar surface area (TPSA) is 132 Å². The van der Waals surface area contributed by atoms with Crippen molar-refractivity contribution in [1.82, 2.24) is 34.8 Å². The Morgan fingerprint density at radius 3 is 2.80 bits per heavy atom. The van der Waals surface area contributed by atoms with Crippen LogP contribution in [0.1, 0.15) is 28.2 Å². The van der Waals surface area contributed by atoms with Crippen molar-refractivity contribution in [3.8, 4) is 17.1 Å². The van der Waals surface area contributed by atoms with Gasteiger partial charge in [0, 0.05) is 30.9 Å². The summed E-state index contributed by atoms with van der Waals surface area (Å²) in [6, 6.07) is 7.70. The number of benzene rings is 1. The summed E-state index contributed by atoms with van der Waals surface area (Å²) in [5.74, 6) is -0.349. The van der Waals surface area contributed by atoms with E-state index in [1.165, 1.54) is 34.6 Å². The monoisotopic (exact) mass is 503 g/mol. The van der Waals surface area contributed by atoms with Crippen molar-refractivity contribution in [3.63, 3.8) is 0 Å². The van der Waals surface area contributed by atoms with Crippen molar-refractivity contribution >= 4 is 15.9 Å². The summed E-state index contributed by atoms with van der Waals surface area (Å²) in [7, 11) is -1.84. The molecular weight excluding hydrogens is 477 g/mol. The molecule has 1 atom stereocenters. The van der Waals surface area contributed by atoms with E-state index < -0.39 is 21.7 Å². The molecule has 0 spiro atoms. The molecule has 186 valence electrons. The average molecular weight is 504 g/mol. The molecule has 2 aromatic heterocycles. The van der Waals surface area contributed by atoms with Gasteiger partial charge in [0.25, 0.3) is 5.91 Å². The standard InChI is InChI=1S/C22H26FN7O4S/c1-14-8-17(21-26-28-30(27-21)13-16-6-7-29(12-16)35(3,32)33)10-19(25-14)22(31)24-11-15-4-5-18(23)20(9-15)34-2/h4-5,8-10,16H,6-7,11-13H2,1-3H3,(H,24,31). The van der Waals surface area contributed by atoms with E-state index in [2.05, 4.69) is 25.7 Å². The number of aromatic nitrogens is 5. The highest BCUT2D eigenvalue weighted by Gasteiger charge is 2.29. The summed E-state index contributed by atoms with van der Waals surface area (Å²) in [4.78, 5) is 18.5. The molecule has 1 fully saturated rings. The predicted octanol–water partition coefficient (Wildman–Crippen LogP) is 1.40. The number of sulfonamides is 1. The number of carbonyl (C=O) groups is 1. The number of nitrogens with zero attached hydrogens (tertiary/aromatic N) is 6. The molecule has 4 rings (SSSR count). The lowest BCUT2D eigenvalue weighted by Gasteiger charge is -2.12. The Balaban J connectivity index is 1.43. The van der Waals surface area contributed by atoms with Crippen LogP contribution in [0.15, 0.2) is 30.3 Å². The summed E-state index contributed by atoms with van der Waals surface area (Å²) in [5, 5.41) is 15.4. The van der Waals surface area contributed by atoms with Crippen LogP contribution >= 0.6 is 0 Å². The van der Waals surface area contributed by atoms with E-state index in [4.69, 9.17) is 4.74 Å². The first-order valence-corrected chi connectivity index (χ1v) is 12.8. The molecule has 0 saturated carbocycles. The highest BCUT2D eigenvalue weighted by molar-refractivity contribution is 7.88. The Kier molecular flexibility index (Phi) is 7.08. The Bertz CT molecular complexity index is 1350. The second kappa shape index (κ2) is 10.0. The van der Waals surface area contributed by atoms with E-state index in [1.54, 1.807) is 25.1 Å². The van der Waals surface area contributed by atoms with Gasteiger partial charge in [-0.1, -0.05) is 6.07 Å². The van der Waals surface area contributed by atoms with Gasteiger partial charge in [-0.15, -0.1) is 10.2 Å². The van der Waals surface area contributed by atoms with Crippen LogP contribution in [0, 0.1) is 18.7 Å². The zero-order valence-corrected chi connectivity index (χ0v) is 20.4. The van der Waals surface area contributed by atoms with Crippen LogP contribution in [0.2, 0.25) is 0 Å². The molecule has 1 aliphatic rings. The number of pyridine rings is 1. The van der Waals surface area contributed by atoms with Crippen molar-refractivity contribution in [2.45, 2.75) is 26.4 Å². The molecule has 35 heavy (non-hydrogen) atoms. The quantitative estimate of drug-likeness (QED) is 0.488. The van der Waals surface area contributed by atoms with E-state index >= 15 is 0 Å². The predicted molar refractivity (Wildman–Crippen MR) is 124 cm³/mol. The van der Waals surface area contributed by atoms with Crippen molar-refractivity contribution in [3.05, 3.63) is 53.1 Å². The van der Waals surface area contributed by atoms with Crippen LogP contribution in [0.25, 0.3) is 11.4 Å². The molecule has 13 heteroatoms. The van der Waals surface area contributed by atoms with Gasteiger partial charge < -0.3 is 10.1 Å². The van der Waals surface area contributed by atoms with Gasteiger partial charge in [0.1, 0.15) is 5.69 Å². The van der Waals surface area contributed by atoms with Crippen LogP contribution in [0.3, 0.4) is 0 Å². The molecule has 1 N–H and O–H groups in total. The van der Waals surface area contributed by atoms with Gasteiger partial charge >= 0.3 is 0 Å². The largest absolute Gasteiger partial charge is 0.494 e. The lowest BCUT2D eigenvalue weighted by Crippen LogP contribution is -2.28. The van der Waals surface area contributed by atoms with E-state index in [0.29, 0.717) is 42.3 Å². The third-order valence-electron chi connectivity index (χ3n) is 5.70. The molecule has 11 nitrogen and oxygen atoms in total. The van der Waals surface area contributed by atoms with Crippen LogP contribution < -0.4 is 10.1 Å². The SMILES string of the molecule is COc1cc(CNC(=O)c2cc(-c3nnn(CC4CCN(S(C)(=O)=O)C4)n3)cc(C)n2)ccc1F. The van der Waals surface area contributed by atoms with E-state index in [1.807, 2.05) is 0 Å². The van der Waals surface area contributed by atoms with Gasteiger partial charge in [-0.05, 0) is 54.3 Å². The fourth-order valence-corrected chi connectivity index (χ4v) is 4.83. The number of amides is 1. The van der Waals surface area contributed by atoms with Crippen LogP contribution in [0.5, 0.6) is 5.75 Å². The van der Waals surface area contributed by atoms with E-state index in [-0.39, 0.29) is 23.9 Å². The molecule has 0 radical (unpaired) electrons. The maximum Gasteiger partial charge on any atom is 0.270 e. The molecule has 3 heterocycles. The van der Waals surface area contributed by atoms with Crippen molar-refractivity contribution in [2.75, 3.05) is 26.5 Å². The van der Waals surface area contributed by atoms with E-state index in [9.17, 15) is 17.6 Å². The number of ether oxygens (including phenoxy) is 1. The zero-order chi connectivity index (χ0) is 25.2. The summed E-state index contributed by atoms with van der Waals surface area (Å²) >= 11 is 0. The maximum absolute atomic E-state index is 13.6. The highest BCUT2D eigenvalue weighted by atomic mass is 32.2. The lowest BCUT2D eigenvalue weighted by atomic mass is 10.1. The van der Waals surface area contributed by atoms with Gasteiger partial charge in [-0.25, -0.2) is 22.1 Å². The Morgan fingerprint density at radius 2 is 2.09 bits per heavy atom. The summed E-state index contributed by atoms with van der Waals surface area (Å²) in [6.07, 6.45) is 1.93. The highest BCUT2D eigenvalue weighted by Crippen LogP contribution is 2.21. The van der Waals surface area contributed by atoms with Crippen LogP contribution in [-0.2, 0) is 23.1 Å². The molecule has 1 aromatic carbocycles. The Hall–Kier alpha value is -3.45. The number of hydrogen-bond acceptors (Lipinski definition) is 8. The lowest BCUT2D eigenvalue weighted by molar-refractivity contribution is 0.0945. The van der Waals surface area contributed by atoms with Gasteiger partial charge in [-0.3, -0.25) is 4.79 Å². The molecule has 1 aliphatic heterocycles. The molecule has 1 saturated heterocycles. The summed E-state index contributed by atoms with van der Waals surface area (Å²) in [6.45, 7) is 3.28. The van der Waals surface area contributed by atoms with E-state index in [0.717, 1.165) is 6.42 Å². The third-order valence-corrected chi connectivity index (χ3v) is 6.97. The second-order valence-corrected chi connectivity index (χ2v) is 10.5. The number of carbonyl (C=O) groups excluding carboxylic acids is 1. The van der Waals surface area contributed by atoms with Gasteiger partial charge in [0.15, 0.2) is 11.6 Å². The smallest absolute Gasteiger partial charge is 0.270 e. The number of methoxy groups -OCH3 is 1. The maximum atomic E-state index is 13.6. The third kappa shape index (κ3) is 5.98. The van der Waals surface area contributed by atoms with Crippen molar-refractivity contribution in [2.24, 2.45) is 5.92 Å². The fourth-order valence-electron chi connectivity index (χ4n) is 3.92.